The molecule has 0 spiro atoms. The molecule has 0 amide bonds. The van der Waals surface area contributed by atoms with E-state index in [-0.39, 0.29) is 11.7 Å². The molecule has 0 radical (unpaired) electrons. The largest absolute Gasteiger partial charge is 0.360 e. The van der Waals surface area contributed by atoms with Crippen LogP contribution in [0.5, 0.6) is 0 Å². The van der Waals surface area contributed by atoms with E-state index >= 15 is 0 Å². The first kappa shape index (κ1) is 12.4. The minimum atomic E-state index is -0.440. The van der Waals surface area contributed by atoms with E-state index in [1.165, 1.54) is 12.1 Å². The third-order valence-corrected chi connectivity index (χ3v) is 1.95. The van der Waals surface area contributed by atoms with Crippen molar-refractivity contribution in [2.24, 2.45) is 0 Å². The SMILES string of the molecule is CC(C)NC(=S)Nc1cccc([N+](=O)[O-])c1. The fourth-order valence-corrected chi connectivity index (χ4v) is 1.48. The number of nitrogens with zero attached hydrogens (tertiary/aromatic N) is 1. The Labute approximate surface area is 99.0 Å². The molecule has 86 valence electrons. The molecule has 0 saturated carbocycles. The highest BCUT2D eigenvalue weighted by Gasteiger charge is 2.06. The maximum absolute atomic E-state index is 10.5. The monoisotopic (exact) mass is 239 g/mol. The van der Waals surface area contributed by atoms with Gasteiger partial charge in [-0.25, -0.2) is 0 Å². The number of nitro groups is 1. The summed E-state index contributed by atoms with van der Waals surface area (Å²) in [6.45, 7) is 3.92. The number of benzene rings is 1. The van der Waals surface area contributed by atoms with Gasteiger partial charge in [0.15, 0.2) is 5.11 Å². The van der Waals surface area contributed by atoms with E-state index in [1.54, 1.807) is 12.1 Å². The second kappa shape index (κ2) is 5.41. The van der Waals surface area contributed by atoms with Crippen LogP contribution in [0.1, 0.15) is 13.8 Å². The van der Waals surface area contributed by atoms with Gasteiger partial charge in [0, 0.05) is 23.9 Å². The number of rotatable bonds is 3. The lowest BCUT2D eigenvalue weighted by atomic mass is 10.3. The average molecular weight is 239 g/mol. The van der Waals surface area contributed by atoms with E-state index in [1.807, 2.05) is 13.8 Å². The maximum Gasteiger partial charge on any atom is 0.271 e. The highest BCUT2D eigenvalue weighted by molar-refractivity contribution is 7.80. The molecule has 0 fully saturated rings. The summed E-state index contributed by atoms with van der Waals surface area (Å²) >= 11 is 5.03. The van der Waals surface area contributed by atoms with E-state index < -0.39 is 4.92 Å². The van der Waals surface area contributed by atoms with Gasteiger partial charge in [-0.2, -0.15) is 0 Å². The Balaban J connectivity index is 2.70. The molecular weight excluding hydrogens is 226 g/mol. The Bertz CT molecular complexity index is 407. The standard InChI is InChI=1S/C10H13N3O2S/c1-7(2)11-10(16)12-8-4-3-5-9(6-8)13(14)15/h3-7H,1-2H3,(H2,11,12,16). The van der Waals surface area contributed by atoms with E-state index in [0.29, 0.717) is 10.8 Å². The van der Waals surface area contributed by atoms with Gasteiger partial charge < -0.3 is 10.6 Å². The zero-order valence-corrected chi connectivity index (χ0v) is 9.88. The number of non-ortho nitro benzene ring substituents is 1. The fraction of sp³-hybridized carbons (Fsp3) is 0.300. The molecule has 16 heavy (non-hydrogen) atoms. The van der Waals surface area contributed by atoms with E-state index in [4.69, 9.17) is 12.2 Å². The first-order valence-electron chi connectivity index (χ1n) is 4.81. The molecule has 0 aliphatic rings. The molecule has 0 aliphatic heterocycles. The minimum absolute atomic E-state index is 0.0392. The topological polar surface area (TPSA) is 67.2 Å². The highest BCUT2D eigenvalue weighted by atomic mass is 32.1. The lowest BCUT2D eigenvalue weighted by molar-refractivity contribution is -0.384. The summed E-state index contributed by atoms with van der Waals surface area (Å²) in [5, 5.41) is 16.9. The second-order valence-electron chi connectivity index (χ2n) is 3.56. The van der Waals surface area contributed by atoms with E-state index in [2.05, 4.69) is 10.6 Å². The van der Waals surface area contributed by atoms with Crippen LogP contribution in [0.25, 0.3) is 0 Å². The Kier molecular flexibility index (Phi) is 4.19. The third-order valence-electron chi connectivity index (χ3n) is 1.73. The fourth-order valence-electron chi connectivity index (χ4n) is 1.13. The summed E-state index contributed by atoms with van der Waals surface area (Å²) in [4.78, 5) is 10.1. The lowest BCUT2D eigenvalue weighted by Gasteiger charge is -2.12. The number of thiocarbonyl (C=S) groups is 1. The van der Waals surface area contributed by atoms with E-state index in [0.717, 1.165) is 0 Å². The van der Waals surface area contributed by atoms with Crippen LogP contribution >= 0.6 is 12.2 Å². The molecule has 0 bridgehead atoms. The van der Waals surface area contributed by atoms with Crippen molar-refractivity contribution in [3.05, 3.63) is 34.4 Å². The van der Waals surface area contributed by atoms with Gasteiger partial charge in [0.1, 0.15) is 0 Å². The number of anilines is 1. The van der Waals surface area contributed by atoms with Gasteiger partial charge in [-0.1, -0.05) is 6.07 Å². The lowest BCUT2D eigenvalue weighted by Crippen LogP contribution is -2.33. The number of nitrogens with one attached hydrogen (secondary N) is 2. The van der Waals surface area contributed by atoms with Crippen molar-refractivity contribution in [2.45, 2.75) is 19.9 Å². The predicted octanol–water partition coefficient (Wildman–Crippen LogP) is 2.29. The first-order chi connectivity index (χ1) is 7.49. The summed E-state index contributed by atoms with van der Waals surface area (Å²) in [5.41, 5.74) is 0.643. The number of hydrogen-bond acceptors (Lipinski definition) is 3. The molecule has 0 unspecified atom stereocenters. The second-order valence-corrected chi connectivity index (χ2v) is 3.97. The van der Waals surface area contributed by atoms with Crippen LogP contribution in [-0.2, 0) is 0 Å². The first-order valence-corrected chi connectivity index (χ1v) is 5.22. The third kappa shape index (κ3) is 3.82. The molecule has 0 saturated heterocycles. The van der Waals surface area contributed by atoms with Crippen LogP contribution in [0.4, 0.5) is 11.4 Å². The smallest absolute Gasteiger partial charge is 0.271 e. The van der Waals surface area contributed by atoms with Crippen molar-refractivity contribution in [1.82, 2.24) is 5.32 Å². The van der Waals surface area contributed by atoms with Crippen molar-refractivity contribution >= 4 is 28.7 Å². The predicted molar refractivity (Wildman–Crippen MR) is 67.6 cm³/mol. The molecule has 0 atom stereocenters. The van der Waals surface area contributed by atoms with Crippen LogP contribution in [0.3, 0.4) is 0 Å². The van der Waals surface area contributed by atoms with Gasteiger partial charge in [-0.05, 0) is 32.1 Å². The normalized spacial score (nSPS) is 9.94. The van der Waals surface area contributed by atoms with Gasteiger partial charge in [0.2, 0.25) is 0 Å². The maximum atomic E-state index is 10.5. The van der Waals surface area contributed by atoms with Crippen LogP contribution in [0, 0.1) is 10.1 Å². The average Bonchev–Trinajstić information content (AvgIpc) is 2.16. The van der Waals surface area contributed by atoms with Gasteiger partial charge in [0.05, 0.1) is 4.92 Å². The van der Waals surface area contributed by atoms with Gasteiger partial charge in [-0.15, -0.1) is 0 Å². The van der Waals surface area contributed by atoms with Crippen molar-refractivity contribution < 1.29 is 4.92 Å². The molecule has 1 rings (SSSR count). The Hall–Kier alpha value is -1.69. The summed E-state index contributed by atoms with van der Waals surface area (Å²) < 4.78 is 0. The number of nitro benzene ring substituents is 1. The summed E-state index contributed by atoms with van der Waals surface area (Å²) in [5.74, 6) is 0. The Morgan fingerprint density at radius 2 is 2.19 bits per heavy atom. The zero-order valence-electron chi connectivity index (χ0n) is 9.06. The van der Waals surface area contributed by atoms with Crippen LogP contribution in [0.15, 0.2) is 24.3 Å². The molecule has 1 aromatic carbocycles. The van der Waals surface area contributed by atoms with Crippen molar-refractivity contribution in [1.29, 1.82) is 0 Å². The molecule has 5 nitrogen and oxygen atoms in total. The van der Waals surface area contributed by atoms with Crippen LogP contribution in [0.2, 0.25) is 0 Å². The van der Waals surface area contributed by atoms with Gasteiger partial charge in [-0.3, -0.25) is 10.1 Å². The summed E-state index contributed by atoms with van der Waals surface area (Å²) in [6, 6.07) is 6.43. The molecule has 1 aromatic rings. The van der Waals surface area contributed by atoms with E-state index in [9.17, 15) is 10.1 Å². The summed E-state index contributed by atoms with van der Waals surface area (Å²) in [6.07, 6.45) is 0. The molecular formula is C10H13N3O2S. The molecule has 0 aromatic heterocycles. The highest BCUT2D eigenvalue weighted by Crippen LogP contribution is 2.16. The minimum Gasteiger partial charge on any atom is -0.360 e. The Morgan fingerprint density at radius 1 is 1.50 bits per heavy atom. The quantitative estimate of drug-likeness (QED) is 0.481. The van der Waals surface area contributed by atoms with Crippen molar-refractivity contribution in [3.63, 3.8) is 0 Å². The van der Waals surface area contributed by atoms with Crippen molar-refractivity contribution in [3.8, 4) is 0 Å². The Morgan fingerprint density at radius 3 is 2.75 bits per heavy atom. The summed E-state index contributed by atoms with van der Waals surface area (Å²) in [7, 11) is 0. The zero-order chi connectivity index (χ0) is 12.1. The number of hydrogen-bond donors (Lipinski definition) is 2. The van der Waals surface area contributed by atoms with Crippen LogP contribution < -0.4 is 10.6 Å². The van der Waals surface area contributed by atoms with Gasteiger partial charge >= 0.3 is 0 Å². The van der Waals surface area contributed by atoms with Crippen LogP contribution in [-0.4, -0.2) is 16.1 Å². The van der Waals surface area contributed by atoms with Gasteiger partial charge in [0.25, 0.3) is 5.69 Å². The molecule has 0 heterocycles. The molecule has 6 heteroatoms. The molecule has 0 aliphatic carbocycles. The van der Waals surface area contributed by atoms with Crippen molar-refractivity contribution in [2.75, 3.05) is 5.32 Å². The molecule has 2 N–H and O–H groups in total.